The number of rotatable bonds is 3. The molecule has 3 rings (SSSR count). The summed E-state index contributed by atoms with van der Waals surface area (Å²) in [4.78, 5) is 14.3. The van der Waals surface area contributed by atoms with Crippen molar-refractivity contribution in [3.8, 4) is 0 Å². The van der Waals surface area contributed by atoms with Gasteiger partial charge in [0.25, 0.3) is 0 Å². The van der Waals surface area contributed by atoms with Crippen molar-refractivity contribution in [1.29, 1.82) is 0 Å². The van der Waals surface area contributed by atoms with Crippen molar-refractivity contribution in [2.75, 3.05) is 26.2 Å². The molecule has 7 heteroatoms. The zero-order valence-corrected chi connectivity index (χ0v) is 14.4. The van der Waals surface area contributed by atoms with Crippen LogP contribution in [0.25, 0.3) is 0 Å². The average Bonchev–Trinajstić information content (AvgIpc) is 3.06. The molecule has 2 aliphatic heterocycles. The van der Waals surface area contributed by atoms with Crippen molar-refractivity contribution in [3.63, 3.8) is 0 Å². The van der Waals surface area contributed by atoms with E-state index in [2.05, 4.69) is 10.5 Å². The highest BCUT2D eigenvalue weighted by Gasteiger charge is 2.37. The van der Waals surface area contributed by atoms with Crippen LogP contribution in [0.15, 0.2) is 4.52 Å². The summed E-state index contributed by atoms with van der Waals surface area (Å²) in [5.41, 5.74) is 2.09. The second-order valence-electron chi connectivity index (χ2n) is 6.33. The third kappa shape index (κ3) is 3.58. The van der Waals surface area contributed by atoms with Crippen LogP contribution >= 0.6 is 24.0 Å². The fourth-order valence-corrected chi connectivity index (χ4v) is 3.75. The molecule has 1 aromatic heterocycles. The van der Waals surface area contributed by atoms with Crippen LogP contribution in [0.4, 0.5) is 0 Å². The third-order valence-electron chi connectivity index (χ3n) is 5.03. The quantitative estimate of drug-likeness (QED) is 0.912. The first-order valence-electron chi connectivity index (χ1n) is 7.69. The molecule has 22 heavy (non-hydrogen) atoms. The van der Waals surface area contributed by atoms with Gasteiger partial charge < -0.3 is 14.7 Å². The van der Waals surface area contributed by atoms with Gasteiger partial charge in [-0.3, -0.25) is 4.79 Å². The smallest absolute Gasteiger partial charge is 0.229 e. The number of carbonyl (C=O) groups is 1. The first-order chi connectivity index (χ1) is 10.1. The standard InChI is InChI=1S/C15H22ClN3O2.ClH/c1-11-12(14(16)21-18-11)2-3-13(20)19-8-5-15(6-9-19)4-7-17-10-15;/h17H,2-10H2,1H3;1H. The van der Waals surface area contributed by atoms with Crippen LogP contribution in [0.2, 0.25) is 5.22 Å². The highest BCUT2D eigenvalue weighted by molar-refractivity contribution is 6.29. The molecule has 5 nitrogen and oxygen atoms in total. The van der Waals surface area contributed by atoms with Crippen LogP contribution in [0.1, 0.15) is 36.9 Å². The van der Waals surface area contributed by atoms with Gasteiger partial charge in [0.2, 0.25) is 11.1 Å². The molecule has 0 unspecified atom stereocenters. The minimum atomic E-state index is 0. The minimum Gasteiger partial charge on any atom is -0.344 e. The van der Waals surface area contributed by atoms with Crippen LogP contribution in [-0.2, 0) is 11.2 Å². The molecule has 124 valence electrons. The normalized spacial score (nSPS) is 20.2. The van der Waals surface area contributed by atoms with Gasteiger partial charge in [0.1, 0.15) is 0 Å². The number of hydrogen-bond donors (Lipinski definition) is 1. The topological polar surface area (TPSA) is 58.4 Å². The van der Waals surface area contributed by atoms with E-state index in [0.29, 0.717) is 23.5 Å². The lowest BCUT2D eigenvalue weighted by Crippen LogP contribution is -2.44. The Kier molecular flexibility index (Phi) is 5.75. The molecule has 1 aromatic rings. The van der Waals surface area contributed by atoms with E-state index >= 15 is 0 Å². The van der Waals surface area contributed by atoms with Crippen LogP contribution < -0.4 is 5.32 Å². The zero-order valence-electron chi connectivity index (χ0n) is 12.9. The van der Waals surface area contributed by atoms with Crippen molar-refractivity contribution in [3.05, 3.63) is 16.5 Å². The van der Waals surface area contributed by atoms with E-state index in [-0.39, 0.29) is 18.3 Å². The molecule has 1 spiro atoms. The Balaban J connectivity index is 0.00000176. The molecule has 1 amide bonds. The molecule has 2 fully saturated rings. The van der Waals surface area contributed by atoms with E-state index in [1.807, 2.05) is 11.8 Å². The summed E-state index contributed by atoms with van der Waals surface area (Å²) < 4.78 is 4.92. The number of amides is 1. The highest BCUT2D eigenvalue weighted by atomic mass is 35.5. The predicted octanol–water partition coefficient (Wildman–Crippen LogP) is 2.59. The first kappa shape index (κ1) is 17.6. The molecule has 0 radical (unpaired) electrons. The molecule has 0 aromatic carbocycles. The van der Waals surface area contributed by atoms with Crippen molar-refractivity contribution < 1.29 is 9.32 Å². The number of nitrogens with one attached hydrogen (secondary N) is 1. The SMILES string of the molecule is Cc1noc(Cl)c1CCC(=O)N1CCC2(CCNC2)CC1.Cl. The second kappa shape index (κ2) is 7.20. The van der Waals surface area contributed by atoms with Crippen LogP contribution in [0, 0.1) is 12.3 Å². The Bertz CT molecular complexity index is 497. The van der Waals surface area contributed by atoms with Gasteiger partial charge in [-0.1, -0.05) is 5.16 Å². The van der Waals surface area contributed by atoms with Crippen molar-refractivity contribution in [2.24, 2.45) is 5.41 Å². The highest BCUT2D eigenvalue weighted by Crippen LogP contribution is 2.37. The molecule has 0 atom stereocenters. The Labute approximate surface area is 142 Å². The fraction of sp³-hybridized carbons (Fsp3) is 0.733. The van der Waals surface area contributed by atoms with Gasteiger partial charge in [0.05, 0.1) is 5.69 Å². The van der Waals surface area contributed by atoms with Gasteiger partial charge in [-0.25, -0.2) is 0 Å². The van der Waals surface area contributed by atoms with E-state index < -0.39 is 0 Å². The average molecular weight is 348 g/mol. The Morgan fingerprint density at radius 3 is 2.68 bits per heavy atom. The van der Waals surface area contributed by atoms with E-state index in [4.69, 9.17) is 16.1 Å². The summed E-state index contributed by atoms with van der Waals surface area (Å²) in [6, 6.07) is 0. The van der Waals surface area contributed by atoms with E-state index in [9.17, 15) is 4.79 Å². The van der Waals surface area contributed by atoms with Crippen molar-refractivity contribution in [1.82, 2.24) is 15.4 Å². The van der Waals surface area contributed by atoms with Gasteiger partial charge in [-0.15, -0.1) is 12.4 Å². The fourth-order valence-electron chi connectivity index (χ4n) is 3.48. The summed E-state index contributed by atoms with van der Waals surface area (Å²) in [6.45, 7) is 5.87. The summed E-state index contributed by atoms with van der Waals surface area (Å²) in [5.74, 6) is 0.215. The number of aromatic nitrogens is 1. The second-order valence-corrected chi connectivity index (χ2v) is 6.67. The number of halogens is 2. The summed E-state index contributed by atoms with van der Waals surface area (Å²) in [5, 5.41) is 7.58. The maximum atomic E-state index is 12.3. The van der Waals surface area contributed by atoms with Crippen molar-refractivity contribution >= 4 is 29.9 Å². The lowest BCUT2D eigenvalue weighted by atomic mass is 9.78. The van der Waals surface area contributed by atoms with E-state index in [1.54, 1.807) is 0 Å². The maximum absolute atomic E-state index is 12.3. The van der Waals surface area contributed by atoms with E-state index in [0.717, 1.165) is 50.3 Å². The Hall–Kier alpha value is -0.780. The van der Waals surface area contributed by atoms with Gasteiger partial charge in [-0.05, 0) is 56.2 Å². The monoisotopic (exact) mass is 347 g/mol. The van der Waals surface area contributed by atoms with Gasteiger partial charge in [0.15, 0.2) is 0 Å². The van der Waals surface area contributed by atoms with Crippen LogP contribution in [0.3, 0.4) is 0 Å². The lowest BCUT2D eigenvalue weighted by molar-refractivity contribution is -0.133. The maximum Gasteiger partial charge on any atom is 0.229 e. The number of aryl methyl sites for hydroxylation is 1. The Morgan fingerprint density at radius 1 is 1.41 bits per heavy atom. The number of carbonyl (C=O) groups excluding carboxylic acids is 1. The summed E-state index contributed by atoms with van der Waals surface area (Å²) in [7, 11) is 0. The molecule has 3 heterocycles. The Morgan fingerprint density at radius 2 is 2.14 bits per heavy atom. The molecule has 0 aliphatic carbocycles. The van der Waals surface area contributed by atoms with E-state index in [1.165, 1.54) is 6.42 Å². The minimum absolute atomic E-state index is 0. The van der Waals surface area contributed by atoms with Gasteiger partial charge in [0, 0.05) is 31.6 Å². The lowest BCUT2D eigenvalue weighted by Gasteiger charge is -2.39. The number of likely N-dealkylation sites (tertiary alicyclic amines) is 1. The van der Waals surface area contributed by atoms with Gasteiger partial charge >= 0.3 is 0 Å². The summed E-state index contributed by atoms with van der Waals surface area (Å²) >= 11 is 5.94. The summed E-state index contributed by atoms with van der Waals surface area (Å²) in [6.07, 6.45) is 4.59. The molecular formula is C15H23Cl2N3O2. The largest absolute Gasteiger partial charge is 0.344 e. The molecular weight excluding hydrogens is 325 g/mol. The molecule has 0 saturated carbocycles. The van der Waals surface area contributed by atoms with Gasteiger partial charge in [-0.2, -0.15) is 0 Å². The van der Waals surface area contributed by atoms with Crippen LogP contribution in [-0.4, -0.2) is 42.1 Å². The molecule has 0 bridgehead atoms. The zero-order chi connectivity index (χ0) is 14.9. The predicted molar refractivity (Wildman–Crippen MR) is 87.6 cm³/mol. The number of hydrogen-bond acceptors (Lipinski definition) is 4. The molecule has 2 aliphatic rings. The number of nitrogens with zero attached hydrogens (tertiary/aromatic N) is 2. The van der Waals surface area contributed by atoms with Crippen molar-refractivity contribution in [2.45, 2.75) is 39.0 Å². The molecule has 2 saturated heterocycles. The first-order valence-corrected chi connectivity index (χ1v) is 8.07. The van der Waals surface area contributed by atoms with Crippen LogP contribution in [0.5, 0.6) is 0 Å². The third-order valence-corrected chi connectivity index (χ3v) is 5.33. The number of piperidine rings is 1. The molecule has 1 N–H and O–H groups in total.